The van der Waals surface area contributed by atoms with E-state index in [1.54, 1.807) is 0 Å². The number of hydrogen-bond acceptors (Lipinski definition) is 5. The maximum absolute atomic E-state index is 15.0. The summed E-state index contributed by atoms with van der Waals surface area (Å²) >= 11 is 1.31. The number of nitrogens with one attached hydrogen (secondary N) is 1. The molecule has 3 N–H and O–H groups in total. The van der Waals surface area contributed by atoms with Crippen molar-refractivity contribution < 1.29 is 17.6 Å². The lowest BCUT2D eigenvalue weighted by Crippen LogP contribution is -2.52. The van der Waals surface area contributed by atoms with Gasteiger partial charge in [0.15, 0.2) is 0 Å². The molecule has 1 heterocycles. The molecule has 9 heteroatoms. The van der Waals surface area contributed by atoms with Crippen LogP contribution in [0.25, 0.3) is 21.8 Å². The molecule has 1 aromatic heterocycles. The number of nitrogens with two attached hydrogens (primary N) is 1. The predicted octanol–water partition coefficient (Wildman–Crippen LogP) is 4.75. The number of carbonyl (C=O) groups excluding carboxylic acids is 1. The van der Waals surface area contributed by atoms with E-state index in [0.29, 0.717) is 11.4 Å². The Morgan fingerprint density at radius 2 is 1.66 bits per heavy atom. The van der Waals surface area contributed by atoms with E-state index in [9.17, 15) is 17.6 Å². The highest BCUT2D eigenvalue weighted by molar-refractivity contribution is 7.89. The molecule has 0 aliphatic heterocycles. The summed E-state index contributed by atoms with van der Waals surface area (Å²) in [5.74, 6) is -1.43. The molecule has 0 unspecified atom stereocenters. The highest BCUT2D eigenvalue weighted by Gasteiger charge is 2.32. The zero-order valence-corrected chi connectivity index (χ0v) is 20.8. The van der Waals surface area contributed by atoms with Crippen molar-refractivity contribution >= 4 is 27.3 Å². The van der Waals surface area contributed by atoms with Gasteiger partial charge < -0.3 is 5.73 Å². The Bertz CT molecular complexity index is 1470. The second kappa shape index (κ2) is 9.69. The summed E-state index contributed by atoms with van der Waals surface area (Å²) in [6.07, 6.45) is 0.594. The Morgan fingerprint density at radius 3 is 2.29 bits per heavy atom. The molecule has 3 aromatic carbocycles. The maximum atomic E-state index is 15.0. The largest absolute Gasteiger partial charge is 0.368 e. The standard InChI is InChI=1S/C26H24FN3O3S2/c1-26(2,25(28)31)30-35(32,33)19-13-14-21(27)20(16-19)24-29-23(18-11-7-4-8-12-18)22(34-24)15-17-9-5-3-6-10-17/h3-14,16,30H,15H2,1-2H3,(H2,28,31). The molecule has 4 aromatic rings. The number of carbonyl (C=O) groups is 1. The Hall–Kier alpha value is -3.40. The van der Waals surface area contributed by atoms with Gasteiger partial charge in [-0.15, -0.1) is 11.3 Å². The number of rotatable bonds is 8. The molecule has 0 saturated heterocycles. The first-order valence-corrected chi connectivity index (χ1v) is 13.1. The third-order valence-electron chi connectivity index (χ3n) is 5.44. The lowest BCUT2D eigenvalue weighted by Gasteiger charge is -2.22. The quantitative estimate of drug-likeness (QED) is 0.358. The Morgan fingerprint density at radius 1 is 1.03 bits per heavy atom. The van der Waals surface area contributed by atoms with Gasteiger partial charge >= 0.3 is 0 Å². The van der Waals surface area contributed by atoms with Gasteiger partial charge in [-0.1, -0.05) is 60.7 Å². The number of hydrogen-bond donors (Lipinski definition) is 2. The fourth-order valence-electron chi connectivity index (χ4n) is 3.47. The molecular weight excluding hydrogens is 485 g/mol. The Kier molecular flexibility index (Phi) is 6.84. The number of amides is 1. The molecule has 0 bridgehead atoms. The predicted molar refractivity (Wildman–Crippen MR) is 136 cm³/mol. The van der Waals surface area contributed by atoms with Crippen LogP contribution >= 0.6 is 11.3 Å². The van der Waals surface area contributed by atoms with Gasteiger partial charge in [-0.05, 0) is 37.6 Å². The summed E-state index contributed by atoms with van der Waals surface area (Å²) < 4.78 is 43.1. The van der Waals surface area contributed by atoms with Crippen LogP contribution in [0, 0.1) is 5.82 Å². The summed E-state index contributed by atoms with van der Waals surface area (Å²) in [5.41, 5.74) is 6.53. The molecule has 180 valence electrons. The SMILES string of the molecule is CC(C)(NS(=O)(=O)c1ccc(F)c(-c2nc(-c3ccccc3)c(Cc3ccccc3)s2)c1)C(N)=O. The number of sulfonamides is 1. The number of thiazole rings is 1. The van der Waals surface area contributed by atoms with Crippen molar-refractivity contribution in [1.29, 1.82) is 0 Å². The molecule has 35 heavy (non-hydrogen) atoms. The molecule has 0 aliphatic rings. The molecule has 0 radical (unpaired) electrons. The van der Waals surface area contributed by atoms with E-state index in [1.807, 2.05) is 60.7 Å². The number of benzene rings is 3. The summed E-state index contributed by atoms with van der Waals surface area (Å²) in [6.45, 7) is 2.72. The van der Waals surface area contributed by atoms with Crippen LogP contribution in [0.15, 0.2) is 83.8 Å². The topological polar surface area (TPSA) is 102 Å². The van der Waals surface area contributed by atoms with Gasteiger partial charge in [-0.2, -0.15) is 4.72 Å². The van der Waals surface area contributed by atoms with Crippen LogP contribution in [0.3, 0.4) is 0 Å². The first kappa shape index (κ1) is 24.7. The lowest BCUT2D eigenvalue weighted by atomic mass is 10.1. The van der Waals surface area contributed by atoms with Crippen molar-refractivity contribution in [3.63, 3.8) is 0 Å². The second-order valence-corrected chi connectivity index (χ2v) is 11.3. The van der Waals surface area contributed by atoms with Crippen molar-refractivity contribution in [2.24, 2.45) is 5.73 Å². The summed E-state index contributed by atoms with van der Waals surface area (Å²) in [4.78, 5) is 17.1. The zero-order valence-electron chi connectivity index (χ0n) is 19.2. The monoisotopic (exact) mass is 509 g/mol. The Balaban J connectivity index is 1.79. The average Bonchev–Trinajstić information content (AvgIpc) is 3.23. The molecule has 0 saturated carbocycles. The number of nitrogens with zero attached hydrogens (tertiary/aromatic N) is 1. The van der Waals surface area contributed by atoms with E-state index in [-0.39, 0.29) is 10.5 Å². The number of primary amides is 1. The highest BCUT2D eigenvalue weighted by Crippen LogP contribution is 2.37. The van der Waals surface area contributed by atoms with E-state index in [1.165, 1.54) is 31.3 Å². The number of aromatic nitrogens is 1. The van der Waals surface area contributed by atoms with Crippen molar-refractivity contribution in [2.75, 3.05) is 0 Å². The van der Waals surface area contributed by atoms with E-state index in [4.69, 9.17) is 10.7 Å². The minimum absolute atomic E-state index is 0.0613. The van der Waals surface area contributed by atoms with Crippen LogP contribution in [-0.2, 0) is 21.2 Å². The van der Waals surface area contributed by atoms with E-state index in [0.717, 1.165) is 33.8 Å². The van der Waals surface area contributed by atoms with Crippen LogP contribution < -0.4 is 10.5 Å². The summed E-state index contributed by atoms with van der Waals surface area (Å²) in [5, 5.41) is 0.360. The highest BCUT2D eigenvalue weighted by atomic mass is 32.2. The fourth-order valence-corrected chi connectivity index (χ4v) is 6.02. The smallest absolute Gasteiger partial charge is 0.241 e. The normalized spacial score (nSPS) is 12.0. The van der Waals surface area contributed by atoms with Crippen molar-refractivity contribution in [1.82, 2.24) is 9.71 Å². The Labute approximate surface area is 207 Å². The van der Waals surface area contributed by atoms with Gasteiger partial charge in [0, 0.05) is 22.4 Å². The molecule has 0 atom stereocenters. The minimum Gasteiger partial charge on any atom is -0.368 e. The average molecular weight is 510 g/mol. The van der Waals surface area contributed by atoms with Crippen LogP contribution in [0.5, 0.6) is 0 Å². The van der Waals surface area contributed by atoms with E-state index in [2.05, 4.69) is 4.72 Å². The van der Waals surface area contributed by atoms with Gasteiger partial charge in [0.1, 0.15) is 16.4 Å². The fraction of sp³-hybridized carbons (Fsp3) is 0.154. The van der Waals surface area contributed by atoms with Crippen molar-refractivity contribution in [3.05, 3.63) is 95.1 Å². The van der Waals surface area contributed by atoms with Gasteiger partial charge in [-0.25, -0.2) is 17.8 Å². The molecule has 4 rings (SSSR count). The molecule has 0 fully saturated rings. The maximum Gasteiger partial charge on any atom is 0.241 e. The van der Waals surface area contributed by atoms with Crippen LogP contribution in [0.4, 0.5) is 4.39 Å². The van der Waals surface area contributed by atoms with Gasteiger partial charge in [-0.3, -0.25) is 4.79 Å². The first-order chi connectivity index (χ1) is 16.6. The third kappa shape index (κ3) is 5.48. The summed E-state index contributed by atoms with van der Waals surface area (Å²) in [6, 6.07) is 22.9. The summed E-state index contributed by atoms with van der Waals surface area (Å²) in [7, 11) is -4.15. The van der Waals surface area contributed by atoms with Gasteiger partial charge in [0.2, 0.25) is 15.9 Å². The molecular formula is C26H24FN3O3S2. The minimum atomic E-state index is -4.15. The van der Waals surface area contributed by atoms with Crippen molar-refractivity contribution in [2.45, 2.75) is 30.7 Å². The van der Waals surface area contributed by atoms with Crippen LogP contribution in [-0.4, -0.2) is 24.8 Å². The lowest BCUT2D eigenvalue weighted by molar-refractivity contribution is -0.122. The molecule has 0 aliphatic carbocycles. The van der Waals surface area contributed by atoms with Crippen LogP contribution in [0.1, 0.15) is 24.3 Å². The van der Waals surface area contributed by atoms with Gasteiger partial charge in [0.25, 0.3) is 0 Å². The zero-order chi connectivity index (χ0) is 25.2. The van der Waals surface area contributed by atoms with Gasteiger partial charge in [0.05, 0.1) is 10.6 Å². The molecule has 1 amide bonds. The van der Waals surface area contributed by atoms with E-state index < -0.39 is 27.3 Å². The van der Waals surface area contributed by atoms with E-state index >= 15 is 0 Å². The van der Waals surface area contributed by atoms with Crippen LogP contribution in [0.2, 0.25) is 0 Å². The van der Waals surface area contributed by atoms with Crippen molar-refractivity contribution in [3.8, 4) is 21.8 Å². The molecule has 0 spiro atoms. The third-order valence-corrected chi connectivity index (χ3v) is 8.18. The molecule has 6 nitrogen and oxygen atoms in total. The number of halogens is 1. The second-order valence-electron chi connectivity index (χ2n) is 8.56. The first-order valence-electron chi connectivity index (χ1n) is 10.8.